The number of anilines is 1. The Hall–Kier alpha value is -4.12. The smallest absolute Gasteiger partial charge is 0.315 e. The zero-order chi connectivity index (χ0) is 24.8. The Bertz CT molecular complexity index is 1230. The highest BCUT2D eigenvalue weighted by Gasteiger charge is 2.24. The summed E-state index contributed by atoms with van der Waals surface area (Å²) >= 11 is 0. The van der Waals surface area contributed by atoms with Crippen molar-refractivity contribution in [3.63, 3.8) is 0 Å². The van der Waals surface area contributed by atoms with E-state index in [1.165, 1.54) is 39.5 Å². The van der Waals surface area contributed by atoms with E-state index in [0.717, 1.165) is 10.5 Å². The molecule has 2 heterocycles. The largest absolute Gasteiger partial charge is 0.504 e. The number of hydrogen-bond donors (Lipinski definition) is 3. The van der Waals surface area contributed by atoms with Crippen molar-refractivity contribution in [2.24, 2.45) is 0 Å². The van der Waals surface area contributed by atoms with E-state index in [0.29, 0.717) is 12.0 Å². The predicted octanol–water partition coefficient (Wildman–Crippen LogP) is 1.47. The van der Waals surface area contributed by atoms with E-state index in [9.17, 15) is 23.9 Å². The monoisotopic (exact) mass is 469 g/mol. The van der Waals surface area contributed by atoms with Crippen LogP contribution in [0.15, 0.2) is 36.5 Å². The average Bonchev–Trinajstić information content (AvgIpc) is 2.81. The van der Waals surface area contributed by atoms with Gasteiger partial charge < -0.3 is 25.4 Å². The Morgan fingerprint density at radius 3 is 2.50 bits per heavy atom. The summed E-state index contributed by atoms with van der Waals surface area (Å²) in [5.41, 5.74) is 1.13. The second-order valence-corrected chi connectivity index (χ2v) is 7.60. The van der Waals surface area contributed by atoms with E-state index in [4.69, 9.17) is 4.74 Å². The van der Waals surface area contributed by atoms with E-state index < -0.39 is 23.5 Å². The first kappa shape index (κ1) is 24.5. The topological polar surface area (TPSA) is 134 Å². The molecule has 0 atom stereocenters. The minimum atomic E-state index is -0.973. The molecule has 0 aliphatic carbocycles. The standard InChI is InChI=1S/C23H24FN5O5/c1-29(2)23(33)22(32)28-20-16-11-14(10-13-4-6-15(24)7-5-13)12-26-17(16)19(30)18(27-20)21(31)25-8-9-34-3/h4-7,11-12,30H,8-10H2,1-3H3,(H,25,31)(H,27,28,32). The lowest BCUT2D eigenvalue weighted by atomic mass is 10.0. The summed E-state index contributed by atoms with van der Waals surface area (Å²) in [5.74, 6) is -3.46. The molecule has 0 fully saturated rings. The zero-order valence-electron chi connectivity index (χ0n) is 18.9. The highest BCUT2D eigenvalue weighted by Crippen LogP contribution is 2.32. The Morgan fingerprint density at radius 1 is 1.15 bits per heavy atom. The van der Waals surface area contributed by atoms with Crippen LogP contribution in [0.25, 0.3) is 10.9 Å². The van der Waals surface area contributed by atoms with Crippen molar-refractivity contribution in [2.45, 2.75) is 6.42 Å². The van der Waals surface area contributed by atoms with Crippen LogP contribution in [0.1, 0.15) is 21.6 Å². The third kappa shape index (κ3) is 5.62. The van der Waals surface area contributed by atoms with Gasteiger partial charge >= 0.3 is 11.8 Å². The van der Waals surface area contributed by atoms with Gasteiger partial charge in [-0.1, -0.05) is 12.1 Å². The molecule has 0 spiro atoms. The second-order valence-electron chi connectivity index (χ2n) is 7.60. The van der Waals surface area contributed by atoms with Crippen LogP contribution in [0, 0.1) is 5.82 Å². The van der Waals surface area contributed by atoms with Gasteiger partial charge in [0.15, 0.2) is 11.4 Å². The van der Waals surface area contributed by atoms with Gasteiger partial charge in [0.1, 0.15) is 17.2 Å². The zero-order valence-corrected chi connectivity index (χ0v) is 18.9. The summed E-state index contributed by atoms with van der Waals surface area (Å²) in [7, 11) is 4.31. The molecule has 3 rings (SSSR count). The molecular weight excluding hydrogens is 445 g/mol. The molecule has 0 unspecified atom stereocenters. The minimum absolute atomic E-state index is 0.0161. The van der Waals surface area contributed by atoms with Crippen LogP contribution >= 0.6 is 0 Å². The SMILES string of the molecule is COCCNC(=O)c1nc(NC(=O)C(=O)N(C)C)c2cc(Cc3ccc(F)cc3)cnc2c1O. The van der Waals surface area contributed by atoms with Crippen molar-refractivity contribution in [1.82, 2.24) is 20.2 Å². The number of likely N-dealkylation sites (N-methyl/N-ethyl adjacent to an activating group) is 1. The van der Waals surface area contributed by atoms with Crippen LogP contribution in [0.2, 0.25) is 0 Å². The van der Waals surface area contributed by atoms with E-state index in [1.54, 1.807) is 18.2 Å². The maximum Gasteiger partial charge on any atom is 0.315 e. The molecule has 0 saturated heterocycles. The number of rotatable bonds is 7. The summed E-state index contributed by atoms with van der Waals surface area (Å²) in [6.07, 6.45) is 1.88. The number of aromatic hydroxyl groups is 1. The molecule has 3 aromatic rings. The molecule has 0 radical (unpaired) electrons. The van der Waals surface area contributed by atoms with Gasteiger partial charge in [0.2, 0.25) is 0 Å². The second kappa shape index (κ2) is 10.7. The van der Waals surface area contributed by atoms with Crippen LogP contribution in [-0.2, 0) is 20.7 Å². The van der Waals surface area contributed by atoms with Crippen LogP contribution in [0.5, 0.6) is 5.75 Å². The number of carbonyl (C=O) groups is 3. The number of halogens is 1. The molecule has 0 aliphatic rings. The van der Waals surface area contributed by atoms with Gasteiger partial charge in [0.25, 0.3) is 5.91 Å². The number of amides is 3. The first-order valence-corrected chi connectivity index (χ1v) is 10.3. The number of pyridine rings is 2. The maximum atomic E-state index is 13.2. The number of nitrogens with zero attached hydrogens (tertiary/aromatic N) is 3. The number of benzene rings is 1. The number of fused-ring (bicyclic) bond motifs is 1. The third-order valence-electron chi connectivity index (χ3n) is 4.83. The van der Waals surface area contributed by atoms with Gasteiger partial charge in [-0.3, -0.25) is 19.4 Å². The normalized spacial score (nSPS) is 10.7. The van der Waals surface area contributed by atoms with Gasteiger partial charge in [-0.25, -0.2) is 9.37 Å². The van der Waals surface area contributed by atoms with Gasteiger partial charge in [0.05, 0.1) is 6.61 Å². The fraction of sp³-hybridized carbons (Fsp3) is 0.261. The molecule has 0 saturated carbocycles. The molecule has 2 aromatic heterocycles. The Kier molecular flexibility index (Phi) is 7.69. The average molecular weight is 469 g/mol. The van der Waals surface area contributed by atoms with Crippen molar-refractivity contribution in [3.8, 4) is 5.75 Å². The first-order valence-electron chi connectivity index (χ1n) is 10.3. The lowest BCUT2D eigenvalue weighted by Gasteiger charge is -2.14. The van der Waals surface area contributed by atoms with E-state index >= 15 is 0 Å². The van der Waals surface area contributed by atoms with Crippen molar-refractivity contribution in [1.29, 1.82) is 0 Å². The first-order chi connectivity index (χ1) is 16.2. The highest BCUT2D eigenvalue weighted by atomic mass is 19.1. The van der Waals surface area contributed by atoms with Crippen LogP contribution in [0.4, 0.5) is 10.2 Å². The third-order valence-corrected chi connectivity index (χ3v) is 4.83. The quantitative estimate of drug-likeness (QED) is 0.352. The molecule has 11 heteroatoms. The van der Waals surface area contributed by atoms with Gasteiger partial charge in [-0.15, -0.1) is 0 Å². The fourth-order valence-electron chi connectivity index (χ4n) is 3.12. The number of carbonyl (C=O) groups excluding carboxylic acids is 3. The highest BCUT2D eigenvalue weighted by molar-refractivity contribution is 6.39. The van der Waals surface area contributed by atoms with Crippen molar-refractivity contribution in [3.05, 3.63) is 59.2 Å². The van der Waals surface area contributed by atoms with Gasteiger partial charge in [-0.2, -0.15) is 0 Å². The predicted molar refractivity (Wildman–Crippen MR) is 122 cm³/mol. The lowest BCUT2D eigenvalue weighted by Crippen LogP contribution is -2.35. The summed E-state index contributed by atoms with van der Waals surface area (Å²) < 4.78 is 18.1. The Morgan fingerprint density at radius 2 is 1.85 bits per heavy atom. The summed E-state index contributed by atoms with van der Waals surface area (Å²) in [4.78, 5) is 46.5. The molecule has 0 bridgehead atoms. The summed E-state index contributed by atoms with van der Waals surface area (Å²) in [5, 5.41) is 15.9. The van der Waals surface area contributed by atoms with Crippen LogP contribution < -0.4 is 10.6 Å². The minimum Gasteiger partial charge on any atom is -0.504 e. The van der Waals surface area contributed by atoms with Crippen LogP contribution in [-0.4, -0.2) is 72.1 Å². The number of aromatic nitrogens is 2. The molecule has 10 nitrogen and oxygen atoms in total. The molecule has 3 N–H and O–H groups in total. The van der Waals surface area contributed by atoms with Gasteiger partial charge in [0, 0.05) is 39.3 Å². The Labute approximate surface area is 194 Å². The van der Waals surface area contributed by atoms with E-state index in [-0.39, 0.29) is 41.4 Å². The Balaban J connectivity index is 2.06. The molecule has 178 valence electrons. The van der Waals surface area contributed by atoms with Crippen molar-refractivity contribution in [2.75, 3.05) is 39.7 Å². The number of nitrogens with one attached hydrogen (secondary N) is 2. The molecular formula is C23H24FN5O5. The summed E-state index contributed by atoms with van der Waals surface area (Å²) in [6, 6.07) is 7.55. The van der Waals surface area contributed by atoms with Crippen molar-refractivity contribution >= 4 is 34.4 Å². The summed E-state index contributed by atoms with van der Waals surface area (Å²) in [6.45, 7) is 0.408. The van der Waals surface area contributed by atoms with Crippen molar-refractivity contribution < 1.29 is 28.6 Å². The molecule has 1 aromatic carbocycles. The van der Waals surface area contributed by atoms with E-state index in [1.807, 2.05) is 0 Å². The number of methoxy groups -OCH3 is 1. The lowest BCUT2D eigenvalue weighted by molar-refractivity contribution is -0.141. The number of ether oxygens (including phenoxy) is 1. The molecule has 3 amide bonds. The molecule has 0 aliphatic heterocycles. The van der Waals surface area contributed by atoms with Crippen LogP contribution in [0.3, 0.4) is 0 Å². The number of hydrogen-bond acceptors (Lipinski definition) is 7. The molecule has 34 heavy (non-hydrogen) atoms. The fourth-order valence-corrected chi connectivity index (χ4v) is 3.12. The van der Waals surface area contributed by atoms with E-state index in [2.05, 4.69) is 20.6 Å². The van der Waals surface area contributed by atoms with Gasteiger partial charge in [-0.05, 0) is 35.7 Å². The maximum absolute atomic E-state index is 13.2.